The summed E-state index contributed by atoms with van der Waals surface area (Å²) < 4.78 is 10.4. The number of rotatable bonds is 5. The Hall–Kier alpha value is -1.87. The second-order valence-corrected chi connectivity index (χ2v) is 7.43. The predicted molar refractivity (Wildman–Crippen MR) is 125 cm³/mol. The molecule has 30 heavy (non-hydrogen) atoms. The Bertz CT molecular complexity index is 938. The van der Waals surface area contributed by atoms with Crippen LogP contribution in [0.5, 0.6) is 11.5 Å². The summed E-state index contributed by atoms with van der Waals surface area (Å²) in [5.74, 6) is -0.430. The fraction of sp³-hybridized carbons (Fsp3) is 0.333. The van der Waals surface area contributed by atoms with Crippen molar-refractivity contribution < 1.29 is 23.7 Å². The molecule has 0 radical (unpaired) electrons. The maximum absolute atomic E-state index is 13.3. The zero-order chi connectivity index (χ0) is 22.4. The van der Waals surface area contributed by atoms with Gasteiger partial charge >= 0.3 is 5.97 Å². The van der Waals surface area contributed by atoms with Crippen LogP contribution in [0.15, 0.2) is 30.3 Å². The van der Waals surface area contributed by atoms with Gasteiger partial charge in [-0.1, -0.05) is 31.5 Å². The van der Waals surface area contributed by atoms with Gasteiger partial charge in [-0.2, -0.15) is 0 Å². The SMILES string of the molecule is CC.Cc1cc(C(=O)O)ccc1C1CCCN1C(=O)c1cc(Cl)c(OP)cc1OP. The number of aromatic carboxylic acids is 1. The van der Waals surface area contributed by atoms with Gasteiger partial charge in [-0.3, -0.25) is 4.79 Å². The summed E-state index contributed by atoms with van der Waals surface area (Å²) in [4.78, 5) is 26.3. The van der Waals surface area contributed by atoms with Gasteiger partial charge < -0.3 is 19.1 Å². The molecule has 0 spiro atoms. The Morgan fingerprint density at radius 1 is 1.13 bits per heavy atom. The normalized spacial score (nSPS) is 15.3. The number of halogens is 1. The summed E-state index contributed by atoms with van der Waals surface area (Å²) in [6.45, 7) is 6.46. The molecule has 1 aliphatic rings. The fourth-order valence-electron chi connectivity index (χ4n) is 3.56. The van der Waals surface area contributed by atoms with E-state index in [9.17, 15) is 14.7 Å². The van der Waals surface area contributed by atoms with Crippen LogP contribution in [0.25, 0.3) is 0 Å². The molecule has 0 bridgehead atoms. The van der Waals surface area contributed by atoms with Crippen molar-refractivity contribution in [2.24, 2.45) is 0 Å². The topological polar surface area (TPSA) is 76.1 Å². The van der Waals surface area contributed by atoms with Gasteiger partial charge in [0, 0.05) is 12.6 Å². The number of nitrogens with zero attached hydrogens (tertiary/aromatic N) is 1. The molecule has 1 amide bonds. The lowest BCUT2D eigenvalue weighted by Crippen LogP contribution is -2.31. The van der Waals surface area contributed by atoms with E-state index in [4.69, 9.17) is 20.6 Å². The summed E-state index contributed by atoms with van der Waals surface area (Å²) in [6.07, 6.45) is 1.66. The van der Waals surface area contributed by atoms with E-state index in [-0.39, 0.29) is 17.5 Å². The van der Waals surface area contributed by atoms with Gasteiger partial charge in [0.15, 0.2) is 0 Å². The smallest absolute Gasteiger partial charge is 0.335 e. The first-order valence-electron chi connectivity index (χ1n) is 9.59. The Labute approximate surface area is 186 Å². The second kappa shape index (κ2) is 10.9. The number of carbonyl (C=O) groups excluding carboxylic acids is 1. The van der Waals surface area contributed by atoms with Crippen LogP contribution in [0, 0.1) is 6.92 Å². The molecule has 2 aromatic carbocycles. The third-order valence-corrected chi connectivity index (χ3v) is 5.71. The lowest BCUT2D eigenvalue weighted by Gasteiger charge is -2.27. The minimum absolute atomic E-state index is 0.135. The molecular formula is C21H26ClNO5P2. The Morgan fingerprint density at radius 3 is 2.37 bits per heavy atom. The van der Waals surface area contributed by atoms with E-state index in [1.807, 2.05) is 20.8 Å². The first-order valence-corrected chi connectivity index (χ1v) is 10.9. The Morgan fingerprint density at radius 2 is 1.80 bits per heavy atom. The minimum atomic E-state index is -0.970. The molecule has 3 atom stereocenters. The number of benzene rings is 2. The van der Waals surface area contributed by atoms with Crippen molar-refractivity contribution in [2.45, 2.75) is 39.7 Å². The van der Waals surface area contributed by atoms with E-state index in [1.54, 1.807) is 35.2 Å². The number of carboxylic acids is 1. The summed E-state index contributed by atoms with van der Waals surface area (Å²) >= 11 is 6.21. The van der Waals surface area contributed by atoms with Crippen LogP contribution in [0.1, 0.15) is 64.6 Å². The third-order valence-electron chi connectivity index (χ3n) is 4.91. The van der Waals surface area contributed by atoms with E-state index >= 15 is 0 Å². The summed E-state index contributed by atoms with van der Waals surface area (Å²) in [5, 5.41) is 9.48. The molecule has 6 nitrogen and oxygen atoms in total. The van der Waals surface area contributed by atoms with Crippen molar-refractivity contribution in [2.75, 3.05) is 6.54 Å². The largest absolute Gasteiger partial charge is 0.479 e. The molecule has 1 heterocycles. The first-order chi connectivity index (χ1) is 14.4. The molecule has 162 valence electrons. The zero-order valence-corrected chi connectivity index (χ0v) is 20.2. The second-order valence-electron chi connectivity index (χ2n) is 6.55. The number of hydrogen-bond donors (Lipinski definition) is 1. The lowest BCUT2D eigenvalue weighted by molar-refractivity contribution is 0.0693. The van der Waals surface area contributed by atoms with Crippen LogP contribution in [0.2, 0.25) is 5.02 Å². The fourth-order valence-corrected chi connectivity index (χ4v) is 4.23. The number of amides is 1. The summed E-state index contributed by atoms with van der Waals surface area (Å²) in [7, 11) is 4.24. The van der Waals surface area contributed by atoms with Crippen molar-refractivity contribution >= 4 is 42.4 Å². The standard InChI is InChI=1S/C19H20ClNO5P2.C2H6/c1-10-7-11(19(23)24)4-5-12(10)15-3-2-6-21(15)18(22)13-8-14(20)17(26-28)9-16(13)25-27;1-2/h4-5,7-9,15H,2-3,6,27-28H2,1H3,(H,23,24);1-2H3. The molecule has 1 saturated heterocycles. The Balaban J connectivity index is 0.00000155. The van der Waals surface area contributed by atoms with E-state index in [0.29, 0.717) is 28.6 Å². The number of aryl methyl sites for hydroxylation is 1. The number of likely N-dealkylation sites (tertiary alicyclic amines) is 1. The zero-order valence-electron chi connectivity index (χ0n) is 17.1. The maximum atomic E-state index is 13.3. The van der Waals surface area contributed by atoms with E-state index in [2.05, 4.69) is 18.9 Å². The average Bonchev–Trinajstić information content (AvgIpc) is 3.23. The van der Waals surface area contributed by atoms with Crippen molar-refractivity contribution in [1.29, 1.82) is 0 Å². The van der Waals surface area contributed by atoms with Crippen LogP contribution >= 0.6 is 30.5 Å². The molecule has 1 N–H and O–H groups in total. The number of carbonyl (C=O) groups is 2. The highest BCUT2D eigenvalue weighted by Gasteiger charge is 2.33. The third kappa shape index (κ3) is 5.06. The highest BCUT2D eigenvalue weighted by molar-refractivity contribution is 7.10. The number of hydrogen-bond acceptors (Lipinski definition) is 4. The molecule has 2 aromatic rings. The monoisotopic (exact) mass is 469 g/mol. The van der Waals surface area contributed by atoms with E-state index in [0.717, 1.165) is 24.0 Å². The van der Waals surface area contributed by atoms with Crippen molar-refractivity contribution in [3.63, 3.8) is 0 Å². The van der Waals surface area contributed by atoms with Gasteiger partial charge in [-0.05, 0) is 49.1 Å². The molecular weight excluding hydrogens is 444 g/mol. The van der Waals surface area contributed by atoms with Crippen molar-refractivity contribution in [3.8, 4) is 11.5 Å². The van der Waals surface area contributed by atoms with Crippen LogP contribution in [0.4, 0.5) is 0 Å². The van der Waals surface area contributed by atoms with Gasteiger partial charge in [-0.15, -0.1) is 0 Å². The average molecular weight is 470 g/mol. The quantitative estimate of drug-likeness (QED) is 0.569. The molecule has 3 rings (SSSR count). The minimum Gasteiger partial charge on any atom is -0.479 e. The van der Waals surface area contributed by atoms with Gasteiger partial charge in [0.1, 0.15) is 11.5 Å². The molecule has 3 unspecified atom stereocenters. The molecule has 9 heteroatoms. The molecule has 0 aromatic heterocycles. The number of carboxylic acid groups (broad SMARTS) is 1. The van der Waals surface area contributed by atoms with E-state index in [1.165, 1.54) is 0 Å². The van der Waals surface area contributed by atoms with Crippen molar-refractivity contribution in [3.05, 3.63) is 57.6 Å². The van der Waals surface area contributed by atoms with Gasteiger partial charge in [0.2, 0.25) is 0 Å². The summed E-state index contributed by atoms with van der Waals surface area (Å²) in [5.41, 5.74) is 2.37. The molecule has 1 aliphatic heterocycles. The van der Waals surface area contributed by atoms with E-state index < -0.39 is 5.97 Å². The Kier molecular flexibility index (Phi) is 8.91. The van der Waals surface area contributed by atoms with Crippen LogP contribution in [-0.2, 0) is 0 Å². The van der Waals surface area contributed by atoms with Gasteiger partial charge in [0.05, 0.1) is 41.1 Å². The highest BCUT2D eigenvalue weighted by Crippen LogP contribution is 2.39. The maximum Gasteiger partial charge on any atom is 0.335 e. The lowest BCUT2D eigenvalue weighted by atomic mass is 9.97. The van der Waals surface area contributed by atoms with Gasteiger partial charge in [0.25, 0.3) is 5.91 Å². The first kappa shape index (κ1) is 24.4. The summed E-state index contributed by atoms with van der Waals surface area (Å²) in [6, 6.07) is 7.97. The molecule has 1 fully saturated rings. The van der Waals surface area contributed by atoms with Crippen LogP contribution < -0.4 is 9.05 Å². The van der Waals surface area contributed by atoms with Gasteiger partial charge in [-0.25, -0.2) is 4.79 Å². The van der Waals surface area contributed by atoms with Crippen LogP contribution in [-0.4, -0.2) is 28.4 Å². The van der Waals surface area contributed by atoms with Crippen molar-refractivity contribution in [1.82, 2.24) is 4.90 Å². The predicted octanol–water partition coefficient (Wildman–Crippen LogP) is 5.69. The molecule has 0 saturated carbocycles. The van der Waals surface area contributed by atoms with Crippen LogP contribution in [0.3, 0.4) is 0 Å². The molecule has 0 aliphatic carbocycles. The highest BCUT2D eigenvalue weighted by atomic mass is 35.5.